The molecule has 0 radical (unpaired) electrons. The zero-order chi connectivity index (χ0) is 11.9. The molecule has 0 N–H and O–H groups in total. The molecule has 0 atom stereocenters. The fourth-order valence-corrected chi connectivity index (χ4v) is 1.71. The van der Waals surface area contributed by atoms with Gasteiger partial charge in [-0.05, 0) is 34.1 Å². The van der Waals surface area contributed by atoms with Crippen molar-refractivity contribution in [2.24, 2.45) is 0 Å². The van der Waals surface area contributed by atoms with Gasteiger partial charge in [0.2, 0.25) is 0 Å². The summed E-state index contributed by atoms with van der Waals surface area (Å²) >= 11 is 2.94. The van der Waals surface area contributed by atoms with Crippen molar-refractivity contribution in [3.63, 3.8) is 0 Å². The normalized spacial score (nSPS) is 18.1. The molecule has 2 nitrogen and oxygen atoms in total. The molecule has 1 aromatic rings. The van der Waals surface area contributed by atoms with Crippen LogP contribution in [-0.4, -0.2) is 29.8 Å². The highest BCUT2D eigenvalue weighted by atomic mass is 79.9. The summed E-state index contributed by atoms with van der Waals surface area (Å²) in [5.74, 6) is -3.96. The third-order valence-corrected chi connectivity index (χ3v) is 2.94. The number of halogens is 4. The Balaban J connectivity index is 2.13. The van der Waals surface area contributed by atoms with Crippen molar-refractivity contribution in [1.29, 1.82) is 0 Å². The van der Waals surface area contributed by atoms with Crippen LogP contribution in [0.2, 0.25) is 0 Å². The van der Waals surface area contributed by atoms with E-state index in [0.717, 1.165) is 11.0 Å². The molecule has 1 amide bonds. The summed E-state index contributed by atoms with van der Waals surface area (Å²) in [5, 5.41) is 0. The minimum atomic E-state index is -2.80. The van der Waals surface area contributed by atoms with Crippen LogP contribution in [-0.2, 0) is 0 Å². The average Bonchev–Trinajstić information content (AvgIpc) is 2.17. The number of hydrogen-bond donors (Lipinski definition) is 0. The van der Waals surface area contributed by atoms with Crippen molar-refractivity contribution in [2.75, 3.05) is 13.1 Å². The van der Waals surface area contributed by atoms with E-state index in [1.54, 1.807) is 0 Å². The summed E-state index contributed by atoms with van der Waals surface area (Å²) in [6, 6.07) is 3.80. The average molecular weight is 294 g/mol. The molecule has 1 aliphatic heterocycles. The van der Waals surface area contributed by atoms with E-state index < -0.39 is 30.7 Å². The van der Waals surface area contributed by atoms with Gasteiger partial charge in [0, 0.05) is 5.56 Å². The minimum absolute atomic E-state index is 0.0798. The van der Waals surface area contributed by atoms with Gasteiger partial charge in [-0.15, -0.1) is 0 Å². The Kier molecular flexibility index (Phi) is 2.69. The van der Waals surface area contributed by atoms with Crippen LogP contribution < -0.4 is 0 Å². The summed E-state index contributed by atoms with van der Waals surface area (Å²) in [7, 11) is 0. The molecular weight excluding hydrogens is 287 g/mol. The number of hydrogen-bond acceptors (Lipinski definition) is 1. The summed E-state index contributed by atoms with van der Waals surface area (Å²) < 4.78 is 38.4. The van der Waals surface area contributed by atoms with Gasteiger partial charge in [-0.25, -0.2) is 13.2 Å². The van der Waals surface area contributed by atoms with E-state index in [9.17, 15) is 18.0 Å². The first kappa shape index (κ1) is 11.4. The second kappa shape index (κ2) is 3.76. The lowest BCUT2D eigenvalue weighted by atomic mass is 10.1. The molecule has 0 bridgehead atoms. The number of likely N-dealkylation sites (tertiary alicyclic amines) is 1. The maximum Gasteiger partial charge on any atom is 0.282 e. The fourth-order valence-electron chi connectivity index (χ4n) is 1.47. The summed E-state index contributed by atoms with van der Waals surface area (Å²) in [4.78, 5) is 12.6. The van der Waals surface area contributed by atoms with Crippen LogP contribution in [0.5, 0.6) is 0 Å². The van der Waals surface area contributed by atoms with Crippen molar-refractivity contribution in [3.05, 3.63) is 34.1 Å². The summed E-state index contributed by atoms with van der Waals surface area (Å²) in [5.41, 5.74) is 0.0798. The highest BCUT2D eigenvalue weighted by molar-refractivity contribution is 9.10. The van der Waals surface area contributed by atoms with Crippen molar-refractivity contribution in [2.45, 2.75) is 5.92 Å². The van der Waals surface area contributed by atoms with Gasteiger partial charge in [0.15, 0.2) is 0 Å². The van der Waals surface area contributed by atoms with Gasteiger partial charge in [0.25, 0.3) is 11.8 Å². The largest absolute Gasteiger partial charge is 0.326 e. The first-order valence-electron chi connectivity index (χ1n) is 4.51. The number of rotatable bonds is 1. The molecule has 1 aromatic carbocycles. The Labute approximate surface area is 98.2 Å². The molecule has 0 aromatic heterocycles. The van der Waals surface area contributed by atoms with Gasteiger partial charge < -0.3 is 4.90 Å². The van der Waals surface area contributed by atoms with Crippen molar-refractivity contribution in [3.8, 4) is 0 Å². The smallest absolute Gasteiger partial charge is 0.282 e. The molecule has 0 spiro atoms. The Bertz CT molecular complexity index is 442. The zero-order valence-electron chi connectivity index (χ0n) is 8.01. The second-order valence-corrected chi connectivity index (χ2v) is 4.50. The molecule has 0 unspecified atom stereocenters. The first-order chi connectivity index (χ1) is 7.39. The van der Waals surface area contributed by atoms with E-state index in [1.807, 2.05) is 0 Å². The molecule has 86 valence electrons. The van der Waals surface area contributed by atoms with Crippen LogP contribution in [0.25, 0.3) is 0 Å². The van der Waals surface area contributed by atoms with Gasteiger partial charge in [0.1, 0.15) is 5.82 Å². The predicted molar refractivity (Wildman–Crippen MR) is 55.0 cm³/mol. The lowest BCUT2D eigenvalue weighted by Gasteiger charge is -2.38. The number of nitrogens with zero attached hydrogens (tertiary/aromatic N) is 1. The predicted octanol–water partition coefficient (Wildman–Crippen LogP) is 2.68. The van der Waals surface area contributed by atoms with E-state index in [4.69, 9.17) is 0 Å². The maximum atomic E-state index is 13.1. The molecule has 0 aliphatic carbocycles. The molecule has 16 heavy (non-hydrogen) atoms. The topological polar surface area (TPSA) is 20.3 Å². The van der Waals surface area contributed by atoms with Crippen LogP contribution in [0.4, 0.5) is 13.2 Å². The third-order valence-electron chi connectivity index (χ3n) is 2.30. The lowest BCUT2D eigenvalue weighted by molar-refractivity contribution is -0.113. The monoisotopic (exact) mass is 293 g/mol. The van der Waals surface area contributed by atoms with Crippen molar-refractivity contribution in [1.82, 2.24) is 4.90 Å². The number of amides is 1. The fraction of sp³-hybridized carbons (Fsp3) is 0.300. The van der Waals surface area contributed by atoms with Gasteiger partial charge in [-0.1, -0.05) is 0 Å². The van der Waals surface area contributed by atoms with Gasteiger partial charge in [0.05, 0.1) is 17.6 Å². The minimum Gasteiger partial charge on any atom is -0.326 e. The van der Waals surface area contributed by atoms with Crippen LogP contribution in [0, 0.1) is 5.82 Å². The Morgan fingerprint density at radius 2 is 2.00 bits per heavy atom. The Morgan fingerprint density at radius 1 is 1.38 bits per heavy atom. The second-order valence-electron chi connectivity index (χ2n) is 3.65. The van der Waals surface area contributed by atoms with E-state index in [0.29, 0.717) is 0 Å². The molecule has 1 saturated heterocycles. The quantitative estimate of drug-likeness (QED) is 0.780. The van der Waals surface area contributed by atoms with Crippen LogP contribution >= 0.6 is 15.9 Å². The molecule has 0 saturated carbocycles. The maximum absolute atomic E-state index is 13.1. The highest BCUT2D eigenvalue weighted by Gasteiger charge is 2.46. The van der Waals surface area contributed by atoms with E-state index in [-0.39, 0.29) is 10.0 Å². The third kappa shape index (κ3) is 2.07. The molecule has 2 rings (SSSR count). The van der Waals surface area contributed by atoms with E-state index in [2.05, 4.69) is 15.9 Å². The molecule has 6 heteroatoms. The van der Waals surface area contributed by atoms with E-state index in [1.165, 1.54) is 12.1 Å². The Hall–Kier alpha value is -1.04. The van der Waals surface area contributed by atoms with Gasteiger partial charge >= 0.3 is 0 Å². The van der Waals surface area contributed by atoms with Crippen molar-refractivity contribution < 1.29 is 18.0 Å². The van der Waals surface area contributed by atoms with Crippen LogP contribution in [0.1, 0.15) is 10.4 Å². The zero-order valence-corrected chi connectivity index (χ0v) is 9.60. The lowest BCUT2D eigenvalue weighted by Crippen LogP contribution is -2.58. The SMILES string of the molecule is O=C(c1ccc(Br)c(F)c1)N1CC(F)(F)C1. The number of alkyl halides is 2. The summed E-state index contributed by atoms with van der Waals surface area (Å²) in [6.07, 6.45) is 0. The highest BCUT2D eigenvalue weighted by Crippen LogP contribution is 2.28. The number of carbonyl (C=O) groups is 1. The molecule has 1 fully saturated rings. The number of benzene rings is 1. The molecular formula is C10H7BrF3NO. The van der Waals surface area contributed by atoms with Crippen molar-refractivity contribution >= 4 is 21.8 Å². The molecule has 1 aliphatic rings. The first-order valence-corrected chi connectivity index (χ1v) is 5.30. The van der Waals surface area contributed by atoms with Crippen LogP contribution in [0.3, 0.4) is 0 Å². The van der Waals surface area contributed by atoms with Gasteiger partial charge in [-0.2, -0.15) is 0 Å². The van der Waals surface area contributed by atoms with Crippen LogP contribution in [0.15, 0.2) is 22.7 Å². The molecule has 1 heterocycles. The van der Waals surface area contributed by atoms with E-state index >= 15 is 0 Å². The summed E-state index contributed by atoms with van der Waals surface area (Å²) in [6.45, 7) is -1.19. The van der Waals surface area contributed by atoms with Gasteiger partial charge in [-0.3, -0.25) is 4.79 Å². The standard InChI is InChI=1S/C10H7BrF3NO/c11-7-2-1-6(3-8(7)12)9(16)15-4-10(13,14)5-15/h1-3H,4-5H2. The number of carbonyl (C=O) groups excluding carboxylic acids is 1. The Morgan fingerprint density at radius 3 is 2.50 bits per heavy atom.